The molecule has 1 aliphatic rings. The maximum absolute atomic E-state index is 12.8. The number of aryl methyl sites for hydroxylation is 1. The molecule has 0 N–H and O–H groups in total. The molecular weight excluding hydrogens is 302 g/mol. The van der Waals surface area contributed by atoms with E-state index in [1.165, 1.54) is 11.1 Å². The van der Waals surface area contributed by atoms with E-state index in [0.29, 0.717) is 5.88 Å². The highest BCUT2D eigenvalue weighted by Gasteiger charge is 2.34. The smallest absolute Gasteiger partial charge is 0.182 e. The Morgan fingerprint density at radius 2 is 1.86 bits per heavy atom. The highest BCUT2D eigenvalue weighted by molar-refractivity contribution is 7.92. The third-order valence-corrected chi connectivity index (χ3v) is 5.75. The molecule has 0 aliphatic carbocycles. The number of halogens is 1. The Morgan fingerprint density at radius 3 is 2.62 bits per heavy atom. The van der Waals surface area contributed by atoms with Crippen molar-refractivity contribution in [1.82, 2.24) is 0 Å². The van der Waals surface area contributed by atoms with Crippen LogP contribution in [0.25, 0.3) is 0 Å². The lowest BCUT2D eigenvalue weighted by molar-refractivity contribution is 0.592. The van der Waals surface area contributed by atoms with Crippen molar-refractivity contribution >= 4 is 34.2 Å². The van der Waals surface area contributed by atoms with Crippen molar-refractivity contribution in [1.29, 1.82) is 0 Å². The van der Waals surface area contributed by atoms with Crippen molar-refractivity contribution < 1.29 is 4.55 Å². The largest absolute Gasteiger partial charge is 0.606 e. The second-order valence-electron chi connectivity index (χ2n) is 5.28. The minimum absolute atomic E-state index is 0.627. The summed E-state index contributed by atoms with van der Waals surface area (Å²) in [5.74, 6) is 0.627. The maximum Gasteiger partial charge on any atom is 0.182 e. The number of anilines is 2. The van der Waals surface area contributed by atoms with Gasteiger partial charge in [0.05, 0.1) is 5.69 Å². The van der Waals surface area contributed by atoms with Crippen molar-refractivity contribution in [2.24, 2.45) is 0 Å². The second-order valence-corrected chi connectivity index (χ2v) is 7.08. The second kappa shape index (κ2) is 5.91. The summed E-state index contributed by atoms with van der Waals surface area (Å²) in [7, 11) is 0. The number of alkyl halides is 1. The van der Waals surface area contributed by atoms with Crippen molar-refractivity contribution in [3.05, 3.63) is 47.5 Å². The van der Waals surface area contributed by atoms with Crippen LogP contribution in [0, 0.1) is 13.8 Å². The van der Waals surface area contributed by atoms with E-state index in [1.807, 2.05) is 30.3 Å². The lowest BCUT2D eigenvalue weighted by Gasteiger charge is -2.34. The highest BCUT2D eigenvalue weighted by Crippen LogP contribution is 2.46. The Hall–Kier alpha value is -1.16. The van der Waals surface area contributed by atoms with Crippen molar-refractivity contribution in [2.45, 2.75) is 30.1 Å². The van der Waals surface area contributed by atoms with Gasteiger partial charge in [-0.05, 0) is 49.6 Å². The van der Waals surface area contributed by atoms with E-state index in [-0.39, 0.29) is 0 Å². The van der Waals surface area contributed by atoms with Gasteiger partial charge in [-0.2, -0.15) is 0 Å². The molecule has 1 heterocycles. The number of benzene rings is 2. The van der Waals surface area contributed by atoms with Crippen LogP contribution >= 0.6 is 11.6 Å². The molecular formula is C17H18ClNOS. The number of fused-ring (bicyclic) bond motifs is 2. The van der Waals surface area contributed by atoms with Crippen LogP contribution < -0.4 is 4.90 Å². The molecule has 0 fully saturated rings. The van der Waals surface area contributed by atoms with E-state index in [9.17, 15) is 4.55 Å². The molecule has 0 aromatic heterocycles. The van der Waals surface area contributed by atoms with E-state index < -0.39 is 11.2 Å². The topological polar surface area (TPSA) is 26.3 Å². The first-order chi connectivity index (χ1) is 10.1. The molecule has 0 radical (unpaired) electrons. The van der Waals surface area contributed by atoms with Gasteiger partial charge in [-0.3, -0.25) is 0 Å². The Bertz CT molecular complexity index is 674. The van der Waals surface area contributed by atoms with E-state index in [1.54, 1.807) is 0 Å². The first kappa shape index (κ1) is 14.8. The quantitative estimate of drug-likeness (QED) is 0.613. The van der Waals surface area contributed by atoms with E-state index in [4.69, 9.17) is 11.6 Å². The molecule has 0 saturated heterocycles. The summed E-state index contributed by atoms with van der Waals surface area (Å²) in [6.07, 6.45) is 0.898. The zero-order valence-electron chi connectivity index (χ0n) is 12.2. The zero-order valence-corrected chi connectivity index (χ0v) is 13.8. The fourth-order valence-electron chi connectivity index (χ4n) is 2.79. The maximum atomic E-state index is 12.8. The van der Waals surface area contributed by atoms with Gasteiger partial charge in [-0.1, -0.05) is 18.2 Å². The summed E-state index contributed by atoms with van der Waals surface area (Å²) >= 11 is 4.78. The van der Waals surface area contributed by atoms with Gasteiger partial charge in [0.2, 0.25) is 0 Å². The Labute approximate surface area is 133 Å². The van der Waals surface area contributed by atoms with Crippen LogP contribution in [-0.4, -0.2) is 17.0 Å². The van der Waals surface area contributed by atoms with Gasteiger partial charge >= 0.3 is 0 Å². The van der Waals surface area contributed by atoms with Crippen molar-refractivity contribution in [3.63, 3.8) is 0 Å². The van der Waals surface area contributed by atoms with Crippen LogP contribution in [0.2, 0.25) is 0 Å². The van der Waals surface area contributed by atoms with Crippen molar-refractivity contribution in [3.8, 4) is 0 Å². The number of hydrogen-bond donors (Lipinski definition) is 0. The molecule has 3 rings (SSSR count). The first-order valence-corrected chi connectivity index (χ1v) is 8.78. The van der Waals surface area contributed by atoms with Gasteiger partial charge in [0.1, 0.15) is 5.69 Å². The number of para-hydroxylation sites is 1. The molecule has 1 atom stereocenters. The summed E-state index contributed by atoms with van der Waals surface area (Å²) in [4.78, 5) is 4.07. The van der Waals surface area contributed by atoms with Crippen LogP contribution in [0.3, 0.4) is 0 Å². The molecule has 4 heteroatoms. The molecule has 21 heavy (non-hydrogen) atoms. The third-order valence-electron chi connectivity index (χ3n) is 4.01. The summed E-state index contributed by atoms with van der Waals surface area (Å²) in [6, 6.07) is 12.0. The standard InChI is InChI=1S/C17H18ClNOS/c1-12-8-9-16-17(13(12)2)19(11-5-10-18)14-6-3-4-7-15(14)21(16)20/h3-4,6-9H,5,10-11H2,1-2H3. The fourth-order valence-corrected chi connectivity index (χ4v) is 4.34. The first-order valence-electron chi connectivity index (χ1n) is 7.09. The minimum atomic E-state index is -1.11. The van der Waals surface area contributed by atoms with Crippen molar-refractivity contribution in [2.75, 3.05) is 17.3 Å². The average molecular weight is 320 g/mol. The van der Waals surface area contributed by atoms with E-state index in [2.05, 4.69) is 24.8 Å². The Balaban J connectivity index is 2.21. The van der Waals surface area contributed by atoms with E-state index in [0.717, 1.165) is 34.1 Å². The van der Waals surface area contributed by atoms with Crippen LogP contribution in [0.5, 0.6) is 0 Å². The third kappa shape index (κ3) is 2.44. The summed E-state index contributed by atoms with van der Waals surface area (Å²) in [6.45, 7) is 5.04. The van der Waals surface area contributed by atoms with Gasteiger partial charge in [-0.15, -0.1) is 11.6 Å². The van der Waals surface area contributed by atoms with Crippen LogP contribution in [0.4, 0.5) is 11.4 Å². The van der Waals surface area contributed by atoms with Crippen LogP contribution in [-0.2, 0) is 11.2 Å². The van der Waals surface area contributed by atoms with Gasteiger partial charge in [0, 0.05) is 23.6 Å². The van der Waals surface area contributed by atoms with Crippen LogP contribution in [0.1, 0.15) is 17.5 Å². The number of nitrogens with zero attached hydrogens (tertiary/aromatic N) is 1. The molecule has 1 unspecified atom stereocenters. The summed E-state index contributed by atoms with van der Waals surface area (Å²) in [5, 5.41) is 0. The summed E-state index contributed by atoms with van der Waals surface area (Å²) < 4.78 is 12.8. The van der Waals surface area contributed by atoms with Gasteiger partial charge in [-0.25, -0.2) is 0 Å². The Kier molecular flexibility index (Phi) is 4.16. The van der Waals surface area contributed by atoms with E-state index >= 15 is 0 Å². The fraction of sp³-hybridized carbons (Fsp3) is 0.294. The lowest BCUT2D eigenvalue weighted by atomic mass is 10.1. The normalized spacial score (nSPS) is 16.6. The molecule has 2 aromatic carbocycles. The Morgan fingerprint density at radius 1 is 1.10 bits per heavy atom. The predicted molar refractivity (Wildman–Crippen MR) is 89.4 cm³/mol. The molecule has 0 spiro atoms. The molecule has 2 aromatic rings. The number of hydrogen-bond acceptors (Lipinski definition) is 2. The van der Waals surface area contributed by atoms with Crippen LogP contribution in [0.15, 0.2) is 46.2 Å². The SMILES string of the molecule is Cc1ccc2c(c1C)N(CCCCl)c1ccccc1[S+]2[O-]. The minimum Gasteiger partial charge on any atom is -0.606 e. The van der Waals surface area contributed by atoms with Gasteiger partial charge in [0.15, 0.2) is 9.79 Å². The molecule has 0 saturated carbocycles. The molecule has 2 nitrogen and oxygen atoms in total. The number of rotatable bonds is 3. The molecule has 0 amide bonds. The summed E-state index contributed by atoms with van der Waals surface area (Å²) in [5.41, 5.74) is 4.56. The predicted octanol–water partition coefficient (Wildman–Crippen LogP) is 4.55. The highest BCUT2D eigenvalue weighted by atomic mass is 35.5. The molecule has 110 valence electrons. The zero-order chi connectivity index (χ0) is 15.0. The van der Waals surface area contributed by atoms with Gasteiger partial charge < -0.3 is 9.45 Å². The molecule has 1 aliphatic heterocycles. The lowest BCUT2D eigenvalue weighted by Crippen LogP contribution is -2.28. The average Bonchev–Trinajstić information content (AvgIpc) is 2.51. The molecule has 0 bridgehead atoms. The van der Waals surface area contributed by atoms with Gasteiger partial charge in [0.25, 0.3) is 0 Å². The monoisotopic (exact) mass is 319 g/mol.